The van der Waals surface area contributed by atoms with E-state index in [-0.39, 0.29) is 31.9 Å². The van der Waals surface area contributed by atoms with E-state index in [1.54, 1.807) is 0 Å². The molecule has 2 atom stereocenters. The molecular weight excluding hydrogens is 976 g/mol. The third-order valence-electron chi connectivity index (χ3n) is 13.7. The van der Waals surface area contributed by atoms with Gasteiger partial charge in [0, 0.05) is 68.5 Å². The quantitative estimate of drug-likeness (QED) is 0.0818. The van der Waals surface area contributed by atoms with Crippen molar-refractivity contribution in [2.45, 2.75) is 112 Å². The SMILES string of the molecule is CC(C)c1cc(C(C)C)c(-c2cc(Oc3[c-]c4c(cc3)c3ccccc3n4-c3cc(C(C)(C)C)ccn3)[c-]c([N+]34[CH-][N@+]3(c3cccc(C(C)(C)C)c3)c3ccccc34)c2)c(C(C)C)c1.[Pt]. The van der Waals surface area contributed by atoms with E-state index in [0.717, 1.165) is 38.9 Å². The van der Waals surface area contributed by atoms with Crippen LogP contribution in [0.2, 0.25) is 0 Å². The van der Waals surface area contributed by atoms with Crippen molar-refractivity contribution in [1.82, 2.24) is 18.7 Å². The molecule has 0 radical (unpaired) electrons. The Kier molecular flexibility index (Phi) is 11.0. The van der Waals surface area contributed by atoms with E-state index < -0.39 is 0 Å². The van der Waals surface area contributed by atoms with Gasteiger partial charge in [0.15, 0.2) is 12.4 Å². The minimum atomic E-state index is -0.0311. The van der Waals surface area contributed by atoms with Crippen molar-refractivity contribution in [1.29, 1.82) is 0 Å². The van der Waals surface area contributed by atoms with Gasteiger partial charge < -0.3 is 9.30 Å². The zero-order chi connectivity index (χ0) is 45.1. The number of fused-ring (bicyclic) bond motifs is 7. The Balaban J connectivity index is 0.00000533. The predicted molar refractivity (Wildman–Crippen MR) is 268 cm³/mol. The Morgan fingerprint density at radius 3 is 1.91 bits per heavy atom. The number of nitrogens with zero attached hydrogens (tertiary/aromatic N) is 4. The van der Waals surface area contributed by atoms with Crippen LogP contribution >= 0.6 is 0 Å². The van der Waals surface area contributed by atoms with Gasteiger partial charge >= 0.3 is 0 Å². The summed E-state index contributed by atoms with van der Waals surface area (Å²) in [6, 6.07) is 52.4. The molecule has 6 aromatic carbocycles. The van der Waals surface area contributed by atoms with Crippen LogP contribution in [0.5, 0.6) is 11.5 Å². The van der Waals surface area contributed by atoms with Crippen LogP contribution in [-0.2, 0) is 31.9 Å². The van der Waals surface area contributed by atoms with Crippen molar-refractivity contribution in [3.8, 4) is 28.4 Å². The summed E-state index contributed by atoms with van der Waals surface area (Å²) < 4.78 is 10.5. The van der Waals surface area contributed by atoms with Crippen molar-refractivity contribution in [3.63, 3.8) is 0 Å². The maximum absolute atomic E-state index is 7.11. The molecule has 1 fully saturated rings. The number of aromatic nitrogens is 2. The maximum Gasteiger partial charge on any atom is 0.225 e. The first kappa shape index (κ1) is 44.9. The van der Waals surface area contributed by atoms with Crippen molar-refractivity contribution in [3.05, 3.63) is 174 Å². The van der Waals surface area contributed by atoms with Gasteiger partial charge in [0.2, 0.25) is 11.4 Å². The van der Waals surface area contributed by atoms with Gasteiger partial charge in [-0.3, -0.25) is 0 Å². The van der Waals surface area contributed by atoms with Gasteiger partial charge in [-0.25, -0.2) is 9.58 Å². The van der Waals surface area contributed by atoms with Crippen molar-refractivity contribution < 1.29 is 25.8 Å². The first-order valence-electron chi connectivity index (χ1n) is 23.1. The Morgan fingerprint density at radius 2 is 1.25 bits per heavy atom. The molecule has 0 amide bonds. The second-order valence-electron chi connectivity index (χ2n) is 21.1. The number of pyridine rings is 1. The summed E-state index contributed by atoms with van der Waals surface area (Å²) in [4.78, 5) is 4.93. The molecule has 1 unspecified atom stereocenters. The first-order chi connectivity index (χ1) is 30.4. The van der Waals surface area contributed by atoms with E-state index in [9.17, 15) is 0 Å². The van der Waals surface area contributed by atoms with E-state index in [2.05, 4.69) is 228 Å². The van der Waals surface area contributed by atoms with Gasteiger partial charge in [-0.1, -0.05) is 155 Å². The summed E-state index contributed by atoms with van der Waals surface area (Å²) in [5.74, 6) is 3.19. The number of rotatable bonds is 9. The van der Waals surface area contributed by atoms with Gasteiger partial charge in [0.05, 0.1) is 5.69 Å². The average Bonchev–Trinajstić information content (AvgIpc) is 3.76. The summed E-state index contributed by atoms with van der Waals surface area (Å²) in [5.41, 5.74) is 15.9. The molecule has 0 aliphatic carbocycles. The molecule has 10 rings (SSSR count). The summed E-state index contributed by atoms with van der Waals surface area (Å²) >= 11 is 0. The number of ether oxygens (including phenoxy) is 1. The number of quaternary nitrogens is 2. The normalized spacial score (nSPS) is 17.9. The van der Waals surface area contributed by atoms with Crippen LogP contribution in [0.25, 0.3) is 38.8 Å². The monoisotopic (exact) mass is 1040 g/mol. The molecule has 8 aromatic rings. The van der Waals surface area contributed by atoms with Crippen LogP contribution in [0.4, 0.5) is 22.7 Å². The summed E-state index contributed by atoms with van der Waals surface area (Å²) in [6.45, 7) is 30.0. The predicted octanol–water partition coefficient (Wildman–Crippen LogP) is 16.5. The number of para-hydroxylation sites is 3. The van der Waals surface area contributed by atoms with Gasteiger partial charge in [-0.05, 0) is 85.5 Å². The summed E-state index contributed by atoms with van der Waals surface area (Å²) in [5, 5.41) is 2.26. The van der Waals surface area contributed by atoms with Crippen molar-refractivity contribution >= 4 is 44.6 Å². The summed E-state index contributed by atoms with van der Waals surface area (Å²) in [6.07, 6.45) is 1.92. The van der Waals surface area contributed by atoms with Crippen LogP contribution < -0.4 is 13.9 Å². The zero-order valence-electron chi connectivity index (χ0n) is 39.9. The molecule has 2 aliphatic heterocycles. The van der Waals surface area contributed by atoms with Crippen LogP contribution in [0, 0.1) is 18.8 Å². The standard InChI is InChI=1S/C59H61N4O.Pt/c1-37(2)40-30-50(38(3)4)57(51(31-40)39(5)6)41-28-45(63-36-62(63,54-22-15-16-23-55(54)63)44-19-17-18-42(32-44)58(7,8)9)34-47(29-41)64-46-24-25-49-48-20-13-14-21-52(48)61(53(49)35-46)56-33-43(26-27-60-56)59(10,11)12;/h13-33,36-39H,1-12H3;/q-1;/t62-,63?;/m0./s1. The Hall–Kier alpha value is -5.32. The third kappa shape index (κ3) is 7.12. The molecule has 0 bridgehead atoms. The minimum Gasteiger partial charge on any atom is -0.509 e. The number of hydrogen-bond acceptors (Lipinski definition) is 2. The molecule has 5 nitrogen and oxygen atoms in total. The van der Waals surface area contributed by atoms with E-state index in [1.165, 1.54) is 50.4 Å². The third-order valence-corrected chi connectivity index (χ3v) is 13.7. The topological polar surface area (TPSA) is 27.1 Å². The van der Waals surface area contributed by atoms with Crippen LogP contribution in [0.3, 0.4) is 0 Å². The Labute approximate surface area is 401 Å². The Morgan fingerprint density at radius 1 is 0.600 bits per heavy atom. The molecule has 334 valence electrons. The second-order valence-corrected chi connectivity index (χ2v) is 21.1. The van der Waals surface area contributed by atoms with Crippen LogP contribution in [0.15, 0.2) is 128 Å². The van der Waals surface area contributed by atoms with E-state index in [4.69, 9.17) is 9.72 Å². The fraction of sp³-hybridized carbons (Fsp3) is 0.288. The largest absolute Gasteiger partial charge is 0.509 e. The first-order valence-corrected chi connectivity index (χ1v) is 23.1. The molecule has 4 heterocycles. The zero-order valence-corrected chi connectivity index (χ0v) is 42.2. The fourth-order valence-corrected chi connectivity index (χ4v) is 10.1. The number of hydrogen-bond donors (Lipinski definition) is 0. The molecule has 0 spiro atoms. The van der Waals surface area contributed by atoms with Gasteiger partial charge in [0.1, 0.15) is 5.82 Å². The van der Waals surface area contributed by atoms with Gasteiger partial charge in [-0.2, -0.15) is 10.7 Å². The van der Waals surface area contributed by atoms with E-state index >= 15 is 0 Å². The smallest absolute Gasteiger partial charge is 0.225 e. The minimum absolute atomic E-state index is 0. The van der Waals surface area contributed by atoms with Gasteiger partial charge in [0.25, 0.3) is 0 Å². The van der Waals surface area contributed by atoms with Crippen molar-refractivity contribution in [2.75, 3.05) is 0 Å². The molecule has 0 saturated carbocycles. The van der Waals surface area contributed by atoms with Crippen LogP contribution in [0.1, 0.15) is 129 Å². The van der Waals surface area contributed by atoms with Gasteiger partial charge in [-0.15, -0.1) is 29.1 Å². The Bertz CT molecular complexity index is 3120. The maximum atomic E-state index is 7.11. The van der Waals surface area contributed by atoms with E-state index in [0.29, 0.717) is 38.4 Å². The molecule has 0 N–H and O–H groups in total. The summed E-state index contributed by atoms with van der Waals surface area (Å²) in [7, 11) is 0. The molecule has 65 heavy (non-hydrogen) atoms. The second kappa shape index (κ2) is 15.9. The van der Waals surface area contributed by atoms with Crippen LogP contribution in [-0.4, -0.2) is 9.55 Å². The molecular formula is C59H61N4OPt-. The molecule has 2 aromatic heterocycles. The number of benzene rings is 6. The average molecular weight is 1040 g/mol. The molecule has 2 aliphatic rings. The molecule has 1 saturated heterocycles. The van der Waals surface area contributed by atoms with E-state index in [1.807, 2.05) is 6.20 Å². The fourth-order valence-electron chi connectivity index (χ4n) is 10.1. The molecule has 6 heteroatoms. The van der Waals surface area contributed by atoms with Crippen molar-refractivity contribution in [2.24, 2.45) is 0 Å².